The molecule has 0 saturated heterocycles. The summed E-state index contributed by atoms with van der Waals surface area (Å²) in [6.45, 7) is 0. The van der Waals surface area contributed by atoms with Gasteiger partial charge in [0.05, 0.1) is 5.69 Å². The summed E-state index contributed by atoms with van der Waals surface area (Å²) in [6, 6.07) is 85.6. The van der Waals surface area contributed by atoms with Crippen molar-refractivity contribution in [2.75, 3.05) is 4.90 Å². The molecule has 1 aromatic heterocycles. The summed E-state index contributed by atoms with van der Waals surface area (Å²) in [5.74, 6) is 0. The first-order valence-corrected chi connectivity index (χ1v) is 21.2. The Hall–Kier alpha value is -8.20. The van der Waals surface area contributed by atoms with Crippen LogP contribution >= 0.6 is 0 Å². The lowest BCUT2D eigenvalue weighted by atomic mass is 9.89. The van der Waals surface area contributed by atoms with Gasteiger partial charge in [0.2, 0.25) is 0 Å². The minimum atomic E-state index is 0.908. The number of nitrogens with zero attached hydrogens (tertiary/aromatic N) is 1. The van der Waals surface area contributed by atoms with Gasteiger partial charge in [-0.15, -0.1) is 0 Å². The maximum atomic E-state index is 6.44. The lowest BCUT2D eigenvalue weighted by molar-refractivity contribution is 0.669. The molecule has 2 nitrogen and oxygen atoms in total. The van der Waals surface area contributed by atoms with E-state index in [0.29, 0.717) is 0 Å². The molecule has 0 atom stereocenters. The lowest BCUT2D eigenvalue weighted by Gasteiger charge is -2.29. The van der Waals surface area contributed by atoms with E-state index in [0.717, 1.165) is 55.9 Å². The highest BCUT2D eigenvalue weighted by molar-refractivity contribution is 6.34. The second kappa shape index (κ2) is 14.8. The van der Waals surface area contributed by atoms with Gasteiger partial charge in [0.1, 0.15) is 11.2 Å². The van der Waals surface area contributed by atoms with Crippen LogP contribution < -0.4 is 4.90 Å². The van der Waals surface area contributed by atoms with Crippen molar-refractivity contribution in [3.05, 3.63) is 237 Å². The Morgan fingerprint density at radius 2 is 0.758 bits per heavy atom. The minimum Gasteiger partial charge on any atom is -0.456 e. The smallest absolute Gasteiger partial charge is 0.136 e. The van der Waals surface area contributed by atoms with Crippen LogP contribution in [0.1, 0.15) is 0 Å². The average molecular weight is 790 g/mol. The van der Waals surface area contributed by atoms with E-state index in [2.05, 4.69) is 235 Å². The fraction of sp³-hybridized carbons (Fsp3) is 0. The van der Waals surface area contributed by atoms with Gasteiger partial charge in [0.25, 0.3) is 0 Å². The number of rotatable bonds is 7. The van der Waals surface area contributed by atoms with E-state index in [9.17, 15) is 0 Å². The van der Waals surface area contributed by atoms with Gasteiger partial charge in [-0.1, -0.05) is 176 Å². The SMILES string of the molecule is c1ccc(-c2ccc(N(c3cc(-c4ccccc4)cc(-c4ccccc4)c3)c3ccccc3-c3ccc4c5ccccc5c5c(ccc6oc7ccccc7c65)c4c3)cc2)cc1. The molecular formula is C60H39NO. The summed E-state index contributed by atoms with van der Waals surface area (Å²) < 4.78 is 6.44. The maximum Gasteiger partial charge on any atom is 0.136 e. The molecule has 1 heterocycles. The Kier molecular flexibility index (Phi) is 8.53. The van der Waals surface area contributed by atoms with E-state index < -0.39 is 0 Å². The number of furan rings is 1. The Labute approximate surface area is 360 Å². The van der Waals surface area contributed by atoms with Crippen molar-refractivity contribution >= 4 is 71.3 Å². The van der Waals surface area contributed by atoms with Gasteiger partial charge in [-0.2, -0.15) is 0 Å². The van der Waals surface area contributed by atoms with Gasteiger partial charge < -0.3 is 9.32 Å². The fourth-order valence-electron chi connectivity index (χ4n) is 9.53. The molecule has 290 valence electrons. The summed E-state index contributed by atoms with van der Waals surface area (Å²) in [7, 11) is 0. The Morgan fingerprint density at radius 1 is 0.258 bits per heavy atom. The van der Waals surface area contributed by atoms with Crippen LogP contribution in [0.2, 0.25) is 0 Å². The highest BCUT2D eigenvalue weighted by Crippen LogP contribution is 2.47. The number of para-hydroxylation sites is 2. The van der Waals surface area contributed by atoms with Crippen LogP contribution in [0.4, 0.5) is 17.1 Å². The first-order chi connectivity index (χ1) is 30.7. The van der Waals surface area contributed by atoms with Crippen molar-refractivity contribution < 1.29 is 4.42 Å². The number of anilines is 3. The average Bonchev–Trinajstić information content (AvgIpc) is 3.74. The molecule has 12 aromatic rings. The number of hydrogen-bond donors (Lipinski definition) is 0. The summed E-state index contributed by atoms with van der Waals surface area (Å²) in [5.41, 5.74) is 14.4. The zero-order chi connectivity index (χ0) is 41.0. The third-order valence-corrected chi connectivity index (χ3v) is 12.4. The molecule has 0 fully saturated rings. The van der Waals surface area contributed by atoms with Crippen LogP contribution in [0.25, 0.3) is 98.8 Å². The molecule has 0 radical (unpaired) electrons. The third kappa shape index (κ3) is 6.04. The first kappa shape index (κ1) is 35.7. The highest BCUT2D eigenvalue weighted by atomic mass is 16.3. The number of fused-ring (bicyclic) bond motifs is 10. The van der Waals surface area contributed by atoms with Gasteiger partial charge in [0.15, 0.2) is 0 Å². The van der Waals surface area contributed by atoms with Gasteiger partial charge in [-0.25, -0.2) is 0 Å². The van der Waals surface area contributed by atoms with Crippen LogP contribution in [0.15, 0.2) is 241 Å². The molecule has 0 saturated carbocycles. The molecule has 0 unspecified atom stereocenters. The topological polar surface area (TPSA) is 16.4 Å². The normalized spacial score (nSPS) is 11.5. The van der Waals surface area contributed by atoms with E-state index in [1.54, 1.807) is 0 Å². The largest absolute Gasteiger partial charge is 0.456 e. The highest BCUT2D eigenvalue weighted by Gasteiger charge is 2.21. The predicted molar refractivity (Wildman–Crippen MR) is 263 cm³/mol. The Balaban J connectivity index is 1.11. The molecular weight excluding hydrogens is 751 g/mol. The summed E-state index contributed by atoms with van der Waals surface area (Å²) in [4.78, 5) is 2.44. The van der Waals surface area contributed by atoms with Crippen molar-refractivity contribution in [3.63, 3.8) is 0 Å². The molecule has 0 N–H and O–H groups in total. The van der Waals surface area contributed by atoms with Crippen molar-refractivity contribution in [1.29, 1.82) is 0 Å². The molecule has 0 aliphatic rings. The molecule has 0 amide bonds. The van der Waals surface area contributed by atoms with Crippen LogP contribution in [0, 0.1) is 0 Å². The molecule has 0 aliphatic heterocycles. The first-order valence-electron chi connectivity index (χ1n) is 21.2. The van der Waals surface area contributed by atoms with Crippen LogP contribution in [-0.2, 0) is 0 Å². The second-order valence-corrected chi connectivity index (χ2v) is 16.0. The lowest BCUT2D eigenvalue weighted by Crippen LogP contribution is -2.11. The van der Waals surface area contributed by atoms with E-state index >= 15 is 0 Å². The third-order valence-electron chi connectivity index (χ3n) is 12.4. The van der Waals surface area contributed by atoms with E-state index in [4.69, 9.17) is 4.42 Å². The van der Waals surface area contributed by atoms with E-state index in [-0.39, 0.29) is 0 Å². The fourth-order valence-corrected chi connectivity index (χ4v) is 9.53. The van der Waals surface area contributed by atoms with Crippen molar-refractivity contribution in [2.45, 2.75) is 0 Å². The molecule has 11 aromatic carbocycles. The molecule has 12 rings (SSSR count). The van der Waals surface area contributed by atoms with Gasteiger partial charge >= 0.3 is 0 Å². The summed E-state index contributed by atoms with van der Waals surface area (Å²) in [5, 5.41) is 9.67. The van der Waals surface area contributed by atoms with Crippen LogP contribution in [0.3, 0.4) is 0 Å². The summed E-state index contributed by atoms with van der Waals surface area (Å²) >= 11 is 0. The van der Waals surface area contributed by atoms with Crippen molar-refractivity contribution in [2.24, 2.45) is 0 Å². The van der Waals surface area contributed by atoms with Crippen molar-refractivity contribution in [1.82, 2.24) is 0 Å². The monoisotopic (exact) mass is 789 g/mol. The van der Waals surface area contributed by atoms with E-state index in [1.165, 1.54) is 60.0 Å². The predicted octanol–water partition coefficient (Wildman–Crippen LogP) is 17.2. The minimum absolute atomic E-state index is 0.908. The standard InChI is InChI=1S/C60H39NO/c1-4-16-40(17-5-1)43-28-31-47(32-29-43)61(48-37-45(41-18-6-2-7-19-41)36-46(38-48)42-20-8-3-9-21-42)56-26-14-12-22-49(56)44-30-33-51-50-23-10-11-24-52(50)59-53(55(51)39-44)34-35-58-60(59)54-25-13-15-27-57(54)62-58/h1-39H. The Bertz CT molecular complexity index is 3550. The van der Waals surface area contributed by atoms with Gasteiger partial charge in [-0.05, 0) is 127 Å². The number of hydrogen-bond acceptors (Lipinski definition) is 2. The zero-order valence-corrected chi connectivity index (χ0v) is 33.9. The molecule has 0 bridgehead atoms. The zero-order valence-electron chi connectivity index (χ0n) is 33.9. The Morgan fingerprint density at radius 3 is 1.45 bits per heavy atom. The summed E-state index contributed by atoms with van der Waals surface area (Å²) in [6.07, 6.45) is 0. The van der Waals surface area contributed by atoms with Crippen LogP contribution in [-0.4, -0.2) is 0 Å². The molecule has 0 aliphatic carbocycles. The number of benzene rings is 11. The van der Waals surface area contributed by atoms with Crippen LogP contribution in [0.5, 0.6) is 0 Å². The van der Waals surface area contributed by atoms with Crippen molar-refractivity contribution in [3.8, 4) is 44.5 Å². The second-order valence-electron chi connectivity index (χ2n) is 16.0. The molecule has 62 heavy (non-hydrogen) atoms. The molecule has 0 spiro atoms. The molecule has 2 heteroatoms. The van der Waals surface area contributed by atoms with E-state index in [1.807, 2.05) is 6.07 Å². The maximum absolute atomic E-state index is 6.44. The quantitative estimate of drug-likeness (QED) is 0.150. The van der Waals surface area contributed by atoms with Gasteiger partial charge in [-0.3, -0.25) is 0 Å². The van der Waals surface area contributed by atoms with Gasteiger partial charge in [0, 0.05) is 33.1 Å².